The van der Waals surface area contributed by atoms with Crippen molar-refractivity contribution in [1.29, 1.82) is 0 Å². The van der Waals surface area contributed by atoms with Gasteiger partial charge in [-0.2, -0.15) is 5.10 Å². The van der Waals surface area contributed by atoms with Gasteiger partial charge in [0.2, 0.25) is 0 Å². The van der Waals surface area contributed by atoms with E-state index in [9.17, 15) is 0 Å². The summed E-state index contributed by atoms with van der Waals surface area (Å²) in [5.74, 6) is 0.804. The van der Waals surface area contributed by atoms with Gasteiger partial charge in [-0.25, -0.2) is 0 Å². The lowest BCUT2D eigenvalue weighted by Gasteiger charge is -2.13. The topological polar surface area (TPSA) is 29.9 Å². The highest BCUT2D eigenvalue weighted by Gasteiger charge is 2.07. The van der Waals surface area contributed by atoms with E-state index in [0.717, 1.165) is 32.0 Å². The number of aryl methyl sites for hydroxylation is 2. The molecule has 0 aromatic carbocycles. The molecule has 0 unspecified atom stereocenters. The maximum atomic E-state index is 4.56. The lowest BCUT2D eigenvalue weighted by molar-refractivity contribution is 0.442. The van der Waals surface area contributed by atoms with Crippen molar-refractivity contribution in [3.8, 4) is 0 Å². The monoisotopic (exact) mass is 237 g/mol. The SMILES string of the molecule is CCc1cc(CNCC(CC)CC)n(CC)n1. The molecule has 0 fully saturated rings. The van der Waals surface area contributed by atoms with E-state index in [-0.39, 0.29) is 0 Å². The van der Waals surface area contributed by atoms with Crippen LogP contribution in [0.25, 0.3) is 0 Å². The predicted octanol–water partition coefficient (Wildman–Crippen LogP) is 2.99. The van der Waals surface area contributed by atoms with Gasteiger partial charge in [0.1, 0.15) is 0 Å². The Kier molecular flexibility index (Phi) is 6.27. The van der Waals surface area contributed by atoms with Gasteiger partial charge in [0, 0.05) is 13.1 Å². The Morgan fingerprint density at radius 2 is 1.94 bits per heavy atom. The van der Waals surface area contributed by atoms with Crippen molar-refractivity contribution in [1.82, 2.24) is 15.1 Å². The third-order valence-electron chi connectivity index (χ3n) is 3.47. The van der Waals surface area contributed by atoms with Gasteiger partial charge in [-0.15, -0.1) is 0 Å². The van der Waals surface area contributed by atoms with Crippen molar-refractivity contribution in [2.75, 3.05) is 6.54 Å². The minimum absolute atomic E-state index is 0.804. The highest BCUT2D eigenvalue weighted by atomic mass is 15.3. The normalized spacial score (nSPS) is 11.4. The van der Waals surface area contributed by atoms with Crippen molar-refractivity contribution >= 4 is 0 Å². The molecule has 98 valence electrons. The van der Waals surface area contributed by atoms with Crippen LogP contribution >= 0.6 is 0 Å². The second kappa shape index (κ2) is 7.49. The molecule has 0 saturated carbocycles. The molecule has 17 heavy (non-hydrogen) atoms. The summed E-state index contributed by atoms with van der Waals surface area (Å²) in [7, 11) is 0. The van der Waals surface area contributed by atoms with Gasteiger partial charge in [-0.1, -0.05) is 33.6 Å². The van der Waals surface area contributed by atoms with Gasteiger partial charge in [0.25, 0.3) is 0 Å². The van der Waals surface area contributed by atoms with Gasteiger partial charge in [0.05, 0.1) is 11.4 Å². The molecule has 0 aliphatic rings. The van der Waals surface area contributed by atoms with Gasteiger partial charge < -0.3 is 5.32 Å². The number of rotatable bonds is 8. The minimum atomic E-state index is 0.804. The number of nitrogens with zero attached hydrogens (tertiary/aromatic N) is 2. The smallest absolute Gasteiger partial charge is 0.0625 e. The molecule has 1 aromatic heterocycles. The molecule has 0 atom stereocenters. The second-order valence-corrected chi connectivity index (χ2v) is 4.61. The first-order valence-electron chi connectivity index (χ1n) is 7.01. The van der Waals surface area contributed by atoms with Crippen molar-refractivity contribution in [2.24, 2.45) is 5.92 Å². The Hall–Kier alpha value is -0.830. The van der Waals surface area contributed by atoms with E-state index in [0.29, 0.717) is 0 Å². The fourth-order valence-corrected chi connectivity index (χ4v) is 2.09. The van der Waals surface area contributed by atoms with Crippen molar-refractivity contribution in [3.63, 3.8) is 0 Å². The zero-order valence-electron chi connectivity index (χ0n) is 11.8. The molecule has 0 bridgehead atoms. The van der Waals surface area contributed by atoms with Crippen LogP contribution in [0.2, 0.25) is 0 Å². The average Bonchev–Trinajstić information content (AvgIpc) is 2.77. The average molecular weight is 237 g/mol. The van der Waals surface area contributed by atoms with E-state index in [1.165, 1.54) is 24.2 Å². The molecule has 1 rings (SSSR count). The molecular formula is C14H27N3. The summed E-state index contributed by atoms with van der Waals surface area (Å²) in [6.45, 7) is 11.9. The van der Waals surface area contributed by atoms with E-state index in [2.05, 4.69) is 48.9 Å². The Labute approximate surface area is 106 Å². The molecule has 0 saturated heterocycles. The Morgan fingerprint density at radius 3 is 2.47 bits per heavy atom. The lowest BCUT2D eigenvalue weighted by Crippen LogP contribution is -2.23. The van der Waals surface area contributed by atoms with Gasteiger partial charge in [-0.3, -0.25) is 4.68 Å². The zero-order chi connectivity index (χ0) is 12.7. The van der Waals surface area contributed by atoms with Crippen LogP contribution in [0.1, 0.15) is 51.9 Å². The highest BCUT2D eigenvalue weighted by molar-refractivity contribution is 5.10. The fraction of sp³-hybridized carbons (Fsp3) is 0.786. The first-order chi connectivity index (χ1) is 8.24. The molecule has 1 N–H and O–H groups in total. The van der Waals surface area contributed by atoms with Crippen LogP contribution < -0.4 is 5.32 Å². The zero-order valence-corrected chi connectivity index (χ0v) is 11.8. The fourth-order valence-electron chi connectivity index (χ4n) is 2.09. The van der Waals surface area contributed by atoms with Crippen LogP contribution in [-0.4, -0.2) is 16.3 Å². The van der Waals surface area contributed by atoms with E-state index in [1.54, 1.807) is 0 Å². The number of aromatic nitrogens is 2. The molecule has 3 nitrogen and oxygen atoms in total. The van der Waals surface area contributed by atoms with Crippen LogP contribution in [0, 0.1) is 5.92 Å². The Balaban J connectivity index is 2.47. The predicted molar refractivity (Wildman–Crippen MR) is 73.1 cm³/mol. The van der Waals surface area contributed by atoms with Gasteiger partial charge in [-0.05, 0) is 31.9 Å². The standard InChI is InChI=1S/C14H27N3/c1-5-12(6-2)10-15-11-14-9-13(7-3)16-17(14)8-4/h9,12,15H,5-8,10-11H2,1-4H3. The summed E-state index contributed by atoms with van der Waals surface area (Å²) in [6, 6.07) is 2.23. The summed E-state index contributed by atoms with van der Waals surface area (Å²) in [5, 5.41) is 8.12. The third-order valence-corrected chi connectivity index (χ3v) is 3.47. The van der Waals surface area contributed by atoms with Crippen LogP contribution in [0.15, 0.2) is 6.07 Å². The largest absolute Gasteiger partial charge is 0.311 e. The molecule has 1 heterocycles. The van der Waals surface area contributed by atoms with Crippen molar-refractivity contribution in [3.05, 3.63) is 17.5 Å². The molecule has 0 aliphatic carbocycles. The molecule has 0 radical (unpaired) electrons. The molecular weight excluding hydrogens is 210 g/mol. The maximum absolute atomic E-state index is 4.56. The van der Waals surface area contributed by atoms with Crippen LogP contribution in [0.3, 0.4) is 0 Å². The number of nitrogens with one attached hydrogen (secondary N) is 1. The van der Waals surface area contributed by atoms with Gasteiger partial charge >= 0.3 is 0 Å². The first-order valence-corrected chi connectivity index (χ1v) is 7.01. The third kappa shape index (κ3) is 4.15. The van der Waals surface area contributed by atoms with E-state index < -0.39 is 0 Å². The quantitative estimate of drug-likeness (QED) is 0.753. The minimum Gasteiger partial charge on any atom is -0.311 e. The van der Waals surface area contributed by atoms with Crippen LogP contribution in [-0.2, 0) is 19.5 Å². The summed E-state index contributed by atoms with van der Waals surface area (Å²) >= 11 is 0. The first kappa shape index (κ1) is 14.2. The second-order valence-electron chi connectivity index (χ2n) is 4.61. The Bertz CT molecular complexity index is 313. The van der Waals surface area contributed by atoms with Crippen LogP contribution in [0.5, 0.6) is 0 Å². The number of hydrogen-bond acceptors (Lipinski definition) is 2. The van der Waals surface area contributed by atoms with Crippen molar-refractivity contribution < 1.29 is 0 Å². The van der Waals surface area contributed by atoms with Crippen LogP contribution in [0.4, 0.5) is 0 Å². The molecule has 0 amide bonds. The molecule has 3 heteroatoms. The van der Waals surface area contributed by atoms with Crippen molar-refractivity contribution in [2.45, 2.75) is 60.0 Å². The Morgan fingerprint density at radius 1 is 1.24 bits per heavy atom. The molecule has 1 aromatic rings. The van der Waals surface area contributed by atoms with Gasteiger partial charge in [0.15, 0.2) is 0 Å². The molecule has 0 aliphatic heterocycles. The maximum Gasteiger partial charge on any atom is 0.0625 e. The lowest BCUT2D eigenvalue weighted by atomic mass is 10.0. The summed E-state index contributed by atoms with van der Waals surface area (Å²) in [5.41, 5.74) is 2.52. The summed E-state index contributed by atoms with van der Waals surface area (Å²) in [6.07, 6.45) is 3.54. The number of hydrogen-bond donors (Lipinski definition) is 1. The van der Waals surface area contributed by atoms with E-state index in [1.807, 2.05) is 0 Å². The highest BCUT2D eigenvalue weighted by Crippen LogP contribution is 2.08. The molecule has 0 spiro atoms. The van der Waals surface area contributed by atoms with E-state index in [4.69, 9.17) is 0 Å². The summed E-state index contributed by atoms with van der Waals surface area (Å²) in [4.78, 5) is 0. The van der Waals surface area contributed by atoms with E-state index >= 15 is 0 Å². The summed E-state index contributed by atoms with van der Waals surface area (Å²) < 4.78 is 2.11.